The quantitative estimate of drug-likeness (QED) is 0.148. The van der Waals surface area contributed by atoms with Crippen LogP contribution in [0.2, 0.25) is 10.0 Å². The van der Waals surface area contributed by atoms with Crippen molar-refractivity contribution in [3.8, 4) is 0 Å². The molecule has 0 aliphatic carbocycles. The number of nitrogens with zero attached hydrogens (tertiary/aromatic N) is 4. The highest BCUT2D eigenvalue weighted by molar-refractivity contribution is 7.89. The number of benzene rings is 2. The van der Waals surface area contributed by atoms with Gasteiger partial charge in [0, 0.05) is 47.1 Å². The van der Waals surface area contributed by atoms with Gasteiger partial charge in [-0.15, -0.1) is 0 Å². The average molecular weight is 573 g/mol. The maximum Gasteiger partial charge on any atom is 0.240 e. The summed E-state index contributed by atoms with van der Waals surface area (Å²) in [6.07, 6.45) is 0. The molecule has 0 amide bonds. The number of likely N-dealkylation sites (N-methyl/N-ethyl adjacent to an activating group) is 1. The van der Waals surface area contributed by atoms with E-state index in [9.17, 15) is 8.42 Å². The molecule has 0 bridgehead atoms. The van der Waals surface area contributed by atoms with E-state index in [4.69, 9.17) is 42.9 Å². The van der Waals surface area contributed by atoms with E-state index in [2.05, 4.69) is 19.6 Å². The molecule has 3 rings (SSSR count). The summed E-state index contributed by atoms with van der Waals surface area (Å²) >= 11 is 12.7. The molecule has 10 nitrogen and oxygen atoms in total. The van der Waals surface area contributed by atoms with E-state index in [1.165, 1.54) is 0 Å². The highest BCUT2D eigenvalue weighted by atomic mass is 35.5. The largest absolute Gasteiger partial charge is 0.379 e. The lowest BCUT2D eigenvalue weighted by atomic mass is 9.85. The maximum atomic E-state index is 12.7. The Labute approximate surface area is 227 Å². The first kappa shape index (κ1) is 29.6. The molecule has 0 fully saturated rings. The van der Waals surface area contributed by atoms with Crippen molar-refractivity contribution in [3.05, 3.63) is 73.6 Å². The molecule has 0 spiro atoms. The van der Waals surface area contributed by atoms with E-state index in [0.29, 0.717) is 43.1 Å². The normalized spacial score (nSPS) is 15.8. The standard InChI is InChI=1S/C24H31Cl2N5O5S/c1-31-16-22(21-14-19(25)15-24(26)23(21)17-31)18-2-4-20(5-3-18)37(32,33)29-7-9-35-11-13-36-12-10-34-8-6-28-30-27/h2-5,14-15,22,29H,6-13,16-17H2,1H3. The number of rotatable bonds is 15. The van der Waals surface area contributed by atoms with Crippen molar-refractivity contribution < 1.29 is 22.6 Å². The van der Waals surface area contributed by atoms with Gasteiger partial charge >= 0.3 is 0 Å². The Morgan fingerprint density at radius 2 is 1.70 bits per heavy atom. The van der Waals surface area contributed by atoms with Gasteiger partial charge in [-0.05, 0) is 53.5 Å². The summed E-state index contributed by atoms with van der Waals surface area (Å²) in [5.41, 5.74) is 11.3. The number of ether oxygens (including phenoxy) is 3. The zero-order valence-electron chi connectivity index (χ0n) is 20.6. The highest BCUT2D eigenvalue weighted by Crippen LogP contribution is 2.38. The molecule has 0 aromatic heterocycles. The molecule has 13 heteroatoms. The SMILES string of the molecule is CN1Cc2c(Cl)cc(Cl)cc2C(c2ccc(S(=O)(=O)NCCOCCOCCOCCN=[N+]=[N-])cc2)C1. The second kappa shape index (κ2) is 14.9. The van der Waals surface area contributed by atoms with Crippen LogP contribution < -0.4 is 4.72 Å². The van der Waals surface area contributed by atoms with Gasteiger partial charge in [0.1, 0.15) is 0 Å². The molecule has 37 heavy (non-hydrogen) atoms. The molecule has 1 atom stereocenters. The molecule has 0 radical (unpaired) electrons. The average Bonchev–Trinajstić information content (AvgIpc) is 2.87. The summed E-state index contributed by atoms with van der Waals surface area (Å²) in [4.78, 5) is 5.01. The molecular weight excluding hydrogens is 541 g/mol. The molecule has 1 aliphatic heterocycles. The molecule has 0 saturated carbocycles. The summed E-state index contributed by atoms with van der Waals surface area (Å²) in [7, 11) is -1.64. The van der Waals surface area contributed by atoms with Crippen molar-refractivity contribution in [2.24, 2.45) is 5.11 Å². The second-order valence-corrected chi connectivity index (χ2v) is 11.1. The lowest BCUT2D eigenvalue weighted by molar-refractivity contribution is 0.0171. The summed E-state index contributed by atoms with van der Waals surface area (Å²) < 4.78 is 43.9. The first-order valence-electron chi connectivity index (χ1n) is 11.8. The minimum atomic E-state index is -3.67. The lowest BCUT2D eigenvalue weighted by Gasteiger charge is -2.33. The van der Waals surface area contributed by atoms with Gasteiger partial charge in [-0.1, -0.05) is 40.4 Å². The Kier molecular flexibility index (Phi) is 11.9. The third-order valence-corrected chi connectivity index (χ3v) is 7.80. The summed E-state index contributed by atoms with van der Waals surface area (Å²) in [6, 6.07) is 10.6. The molecule has 0 saturated heterocycles. The van der Waals surface area contributed by atoms with Crippen LogP contribution in [0.5, 0.6) is 0 Å². The second-order valence-electron chi connectivity index (χ2n) is 8.46. The van der Waals surface area contributed by atoms with E-state index in [0.717, 1.165) is 29.8 Å². The number of hydrogen-bond donors (Lipinski definition) is 1. The molecule has 1 aliphatic rings. The Balaban J connectivity index is 1.42. The summed E-state index contributed by atoms with van der Waals surface area (Å²) in [5, 5.41) is 4.59. The van der Waals surface area contributed by atoms with Crippen molar-refractivity contribution in [3.63, 3.8) is 0 Å². The summed E-state index contributed by atoms with van der Waals surface area (Å²) in [6.45, 7) is 4.00. The van der Waals surface area contributed by atoms with Crippen LogP contribution in [-0.4, -0.2) is 79.6 Å². The Hall–Kier alpha value is -1.92. The first-order chi connectivity index (χ1) is 17.8. The first-order valence-corrected chi connectivity index (χ1v) is 14.1. The van der Waals surface area contributed by atoms with Crippen LogP contribution in [0, 0.1) is 0 Å². The van der Waals surface area contributed by atoms with Gasteiger partial charge in [0.2, 0.25) is 10.0 Å². The fourth-order valence-electron chi connectivity index (χ4n) is 4.03. The van der Waals surface area contributed by atoms with E-state index >= 15 is 0 Å². The predicted molar refractivity (Wildman–Crippen MR) is 143 cm³/mol. The van der Waals surface area contributed by atoms with Gasteiger partial charge in [-0.25, -0.2) is 13.1 Å². The van der Waals surface area contributed by atoms with Crippen LogP contribution in [0.15, 0.2) is 46.4 Å². The summed E-state index contributed by atoms with van der Waals surface area (Å²) in [5.74, 6) is 0.0366. The number of nitrogens with one attached hydrogen (secondary N) is 1. The van der Waals surface area contributed by atoms with E-state index in [1.807, 2.05) is 25.2 Å². The van der Waals surface area contributed by atoms with Crippen LogP contribution in [-0.2, 0) is 30.8 Å². The van der Waals surface area contributed by atoms with Gasteiger partial charge in [-0.2, -0.15) is 0 Å². The molecule has 1 unspecified atom stereocenters. The van der Waals surface area contributed by atoms with Crippen LogP contribution >= 0.6 is 23.2 Å². The lowest BCUT2D eigenvalue weighted by Crippen LogP contribution is -2.31. The molecule has 1 heterocycles. The topological polar surface area (TPSA) is 126 Å². The molecule has 202 valence electrons. The molecular formula is C24H31Cl2N5O5S. The van der Waals surface area contributed by atoms with Gasteiger partial charge in [0.15, 0.2) is 0 Å². The van der Waals surface area contributed by atoms with Crippen LogP contribution in [0.4, 0.5) is 0 Å². The number of fused-ring (bicyclic) bond motifs is 1. The number of hydrogen-bond acceptors (Lipinski definition) is 7. The zero-order valence-corrected chi connectivity index (χ0v) is 22.9. The van der Waals surface area contributed by atoms with Crippen molar-refractivity contribution in [2.75, 3.05) is 66.3 Å². The smallest absolute Gasteiger partial charge is 0.240 e. The van der Waals surface area contributed by atoms with Crippen molar-refractivity contribution in [1.82, 2.24) is 9.62 Å². The van der Waals surface area contributed by atoms with E-state index in [-0.39, 0.29) is 30.5 Å². The number of azide groups is 1. The minimum Gasteiger partial charge on any atom is -0.379 e. The van der Waals surface area contributed by atoms with E-state index in [1.54, 1.807) is 18.2 Å². The molecule has 2 aromatic carbocycles. The fourth-order valence-corrected chi connectivity index (χ4v) is 5.62. The highest BCUT2D eigenvalue weighted by Gasteiger charge is 2.27. The Bertz CT molecular complexity index is 1180. The van der Waals surface area contributed by atoms with Crippen LogP contribution in [0.25, 0.3) is 10.4 Å². The minimum absolute atomic E-state index is 0.0366. The van der Waals surface area contributed by atoms with Crippen molar-refractivity contribution >= 4 is 33.2 Å². The van der Waals surface area contributed by atoms with Crippen LogP contribution in [0.1, 0.15) is 22.6 Å². The van der Waals surface area contributed by atoms with Gasteiger partial charge < -0.3 is 19.1 Å². The maximum absolute atomic E-state index is 12.7. The van der Waals surface area contributed by atoms with Gasteiger partial charge in [0.05, 0.1) is 44.5 Å². The Morgan fingerprint density at radius 1 is 1.05 bits per heavy atom. The third kappa shape index (κ3) is 9.10. The van der Waals surface area contributed by atoms with Gasteiger partial charge in [-0.3, -0.25) is 0 Å². The van der Waals surface area contributed by atoms with Crippen LogP contribution in [0.3, 0.4) is 0 Å². The number of sulfonamides is 1. The Morgan fingerprint density at radius 3 is 2.38 bits per heavy atom. The predicted octanol–water partition coefficient (Wildman–Crippen LogP) is 4.21. The molecule has 2 aromatic rings. The number of halogens is 2. The third-order valence-electron chi connectivity index (χ3n) is 5.77. The monoisotopic (exact) mass is 571 g/mol. The van der Waals surface area contributed by atoms with E-state index < -0.39 is 10.0 Å². The zero-order chi connectivity index (χ0) is 26.7. The fraction of sp³-hybridized carbons (Fsp3) is 0.500. The van der Waals surface area contributed by atoms with Crippen molar-refractivity contribution in [2.45, 2.75) is 17.4 Å². The van der Waals surface area contributed by atoms with Gasteiger partial charge in [0.25, 0.3) is 0 Å². The molecule has 1 N–H and O–H groups in total. The van der Waals surface area contributed by atoms with Crippen molar-refractivity contribution in [1.29, 1.82) is 0 Å².